The maximum absolute atomic E-state index is 13.2. The first-order chi connectivity index (χ1) is 11.9. The van der Waals surface area contributed by atoms with Crippen molar-refractivity contribution in [3.05, 3.63) is 0 Å². The Labute approximate surface area is 145 Å². The molecule has 25 heavy (non-hydrogen) atoms. The summed E-state index contributed by atoms with van der Waals surface area (Å²) in [4.78, 5) is 25.1. The van der Waals surface area contributed by atoms with E-state index in [1.54, 1.807) is 0 Å². The first kappa shape index (κ1) is 20.0. The summed E-state index contributed by atoms with van der Waals surface area (Å²) >= 11 is 0. The van der Waals surface area contributed by atoms with Gasteiger partial charge in [-0.05, 0) is 12.8 Å². The predicted molar refractivity (Wildman–Crippen MR) is 86.9 cm³/mol. The fourth-order valence-electron chi connectivity index (χ4n) is 3.40. The Bertz CT molecular complexity index is 447. The summed E-state index contributed by atoms with van der Waals surface area (Å²) in [6, 6.07) is -1.70. The summed E-state index contributed by atoms with van der Waals surface area (Å²) in [5.41, 5.74) is 0. The molecule has 144 valence electrons. The van der Waals surface area contributed by atoms with Crippen molar-refractivity contribution in [3.8, 4) is 0 Å². The fourth-order valence-corrected chi connectivity index (χ4v) is 3.40. The molecule has 9 heteroatoms. The minimum absolute atomic E-state index is 0.0784. The average Bonchev–Trinajstić information content (AvgIpc) is 2.60. The van der Waals surface area contributed by atoms with Crippen LogP contribution in [0.25, 0.3) is 0 Å². The molecular formula is C16H27F3N4O2. The first-order valence-electron chi connectivity index (χ1n) is 8.94. The number of halogens is 3. The van der Waals surface area contributed by atoms with Gasteiger partial charge in [0.05, 0.1) is 6.54 Å². The topological polar surface area (TPSA) is 73.5 Å². The van der Waals surface area contributed by atoms with Gasteiger partial charge in [-0.1, -0.05) is 19.3 Å². The van der Waals surface area contributed by atoms with Crippen LogP contribution >= 0.6 is 0 Å². The lowest BCUT2D eigenvalue weighted by Crippen LogP contribution is -2.58. The van der Waals surface area contributed by atoms with Gasteiger partial charge in [0.1, 0.15) is 6.04 Å². The number of nitrogens with zero attached hydrogens (tertiary/aromatic N) is 1. The van der Waals surface area contributed by atoms with Crippen molar-refractivity contribution in [2.24, 2.45) is 5.92 Å². The Morgan fingerprint density at radius 1 is 1.08 bits per heavy atom. The molecule has 1 saturated heterocycles. The Kier molecular flexibility index (Phi) is 7.49. The van der Waals surface area contributed by atoms with Crippen molar-refractivity contribution in [1.82, 2.24) is 20.9 Å². The number of alkyl halides is 3. The van der Waals surface area contributed by atoms with E-state index in [0.29, 0.717) is 26.2 Å². The van der Waals surface area contributed by atoms with Crippen LogP contribution < -0.4 is 16.0 Å². The van der Waals surface area contributed by atoms with Crippen LogP contribution in [0, 0.1) is 5.92 Å². The number of hydrogen-bond acceptors (Lipinski definition) is 4. The van der Waals surface area contributed by atoms with Crippen molar-refractivity contribution in [1.29, 1.82) is 0 Å². The SMILES string of the molecule is O=C(CNC(=O)C1CCCCC1)NCC(N1CCNCC1)C(F)(F)F. The van der Waals surface area contributed by atoms with Gasteiger partial charge < -0.3 is 16.0 Å². The van der Waals surface area contributed by atoms with Gasteiger partial charge in [0, 0.05) is 38.6 Å². The van der Waals surface area contributed by atoms with E-state index in [1.807, 2.05) is 0 Å². The van der Waals surface area contributed by atoms with Gasteiger partial charge in [-0.25, -0.2) is 0 Å². The zero-order valence-corrected chi connectivity index (χ0v) is 14.3. The van der Waals surface area contributed by atoms with E-state index in [1.165, 1.54) is 4.90 Å². The zero-order chi connectivity index (χ0) is 18.3. The van der Waals surface area contributed by atoms with Crippen LogP contribution in [0.2, 0.25) is 0 Å². The average molecular weight is 364 g/mol. The van der Waals surface area contributed by atoms with Crippen molar-refractivity contribution in [2.75, 3.05) is 39.3 Å². The van der Waals surface area contributed by atoms with Gasteiger partial charge >= 0.3 is 6.18 Å². The zero-order valence-electron chi connectivity index (χ0n) is 14.3. The molecule has 2 fully saturated rings. The number of hydrogen-bond donors (Lipinski definition) is 3. The second-order valence-electron chi connectivity index (χ2n) is 6.70. The highest BCUT2D eigenvalue weighted by Gasteiger charge is 2.43. The highest BCUT2D eigenvalue weighted by Crippen LogP contribution is 2.25. The van der Waals surface area contributed by atoms with E-state index in [2.05, 4.69) is 16.0 Å². The predicted octanol–water partition coefficient (Wildman–Crippen LogP) is 0.635. The minimum Gasteiger partial charge on any atom is -0.353 e. The van der Waals surface area contributed by atoms with Crippen molar-refractivity contribution in [2.45, 2.75) is 44.3 Å². The van der Waals surface area contributed by atoms with Gasteiger partial charge in [0.25, 0.3) is 0 Å². The molecule has 1 aliphatic carbocycles. The van der Waals surface area contributed by atoms with Crippen LogP contribution in [0.4, 0.5) is 13.2 Å². The van der Waals surface area contributed by atoms with Crippen molar-refractivity contribution < 1.29 is 22.8 Å². The summed E-state index contributed by atoms with van der Waals surface area (Å²) in [5.74, 6) is -0.844. The minimum atomic E-state index is -4.41. The largest absolute Gasteiger partial charge is 0.405 e. The van der Waals surface area contributed by atoms with E-state index in [9.17, 15) is 22.8 Å². The van der Waals surface area contributed by atoms with Gasteiger partial charge in [0.2, 0.25) is 11.8 Å². The third-order valence-corrected chi connectivity index (χ3v) is 4.86. The number of piperazine rings is 1. The molecule has 0 aromatic carbocycles. The van der Waals surface area contributed by atoms with Crippen LogP contribution in [-0.2, 0) is 9.59 Å². The van der Waals surface area contributed by atoms with Crippen LogP contribution in [0.1, 0.15) is 32.1 Å². The molecule has 0 aromatic heterocycles. The molecule has 0 spiro atoms. The highest BCUT2D eigenvalue weighted by atomic mass is 19.4. The normalized spacial score (nSPS) is 21.6. The number of rotatable bonds is 6. The van der Waals surface area contributed by atoms with E-state index in [0.717, 1.165) is 32.1 Å². The fraction of sp³-hybridized carbons (Fsp3) is 0.875. The van der Waals surface area contributed by atoms with Crippen molar-refractivity contribution >= 4 is 11.8 Å². The molecule has 0 radical (unpaired) electrons. The molecule has 1 unspecified atom stereocenters. The van der Waals surface area contributed by atoms with E-state index >= 15 is 0 Å². The maximum atomic E-state index is 13.2. The third-order valence-electron chi connectivity index (χ3n) is 4.86. The quantitative estimate of drug-likeness (QED) is 0.647. The Hall–Kier alpha value is -1.35. The van der Waals surface area contributed by atoms with E-state index in [4.69, 9.17) is 0 Å². The molecule has 2 rings (SSSR count). The molecule has 2 aliphatic rings. The lowest BCUT2D eigenvalue weighted by Gasteiger charge is -2.35. The molecule has 1 heterocycles. The van der Waals surface area contributed by atoms with E-state index < -0.39 is 24.7 Å². The smallest absolute Gasteiger partial charge is 0.353 e. The Balaban J connectivity index is 1.75. The van der Waals surface area contributed by atoms with Crippen LogP contribution in [0.5, 0.6) is 0 Å². The Morgan fingerprint density at radius 3 is 2.32 bits per heavy atom. The Morgan fingerprint density at radius 2 is 1.72 bits per heavy atom. The number of amides is 2. The monoisotopic (exact) mass is 364 g/mol. The second kappa shape index (κ2) is 9.38. The molecule has 1 atom stereocenters. The molecule has 6 nitrogen and oxygen atoms in total. The molecular weight excluding hydrogens is 337 g/mol. The maximum Gasteiger partial charge on any atom is 0.405 e. The molecule has 1 aliphatic heterocycles. The number of nitrogens with one attached hydrogen (secondary N) is 3. The van der Waals surface area contributed by atoms with Crippen LogP contribution in [0.3, 0.4) is 0 Å². The van der Waals surface area contributed by atoms with Gasteiger partial charge in [-0.2, -0.15) is 13.2 Å². The second-order valence-corrected chi connectivity index (χ2v) is 6.70. The molecule has 3 N–H and O–H groups in total. The standard InChI is InChI=1S/C16H27F3N4O2/c17-16(18,19)13(23-8-6-20-7-9-23)10-21-14(24)11-22-15(25)12-4-2-1-3-5-12/h12-13,20H,1-11H2,(H,21,24)(H,22,25). The molecule has 2 amide bonds. The number of carbonyl (C=O) groups excluding carboxylic acids is 2. The summed E-state index contributed by atoms with van der Waals surface area (Å²) in [6.07, 6.45) is 0.342. The number of carbonyl (C=O) groups is 2. The van der Waals surface area contributed by atoms with Gasteiger partial charge in [0.15, 0.2) is 0 Å². The van der Waals surface area contributed by atoms with Crippen LogP contribution in [0.15, 0.2) is 0 Å². The van der Waals surface area contributed by atoms with Crippen molar-refractivity contribution in [3.63, 3.8) is 0 Å². The third kappa shape index (κ3) is 6.47. The van der Waals surface area contributed by atoms with Gasteiger partial charge in [-0.3, -0.25) is 14.5 Å². The highest BCUT2D eigenvalue weighted by molar-refractivity contribution is 5.85. The molecule has 1 saturated carbocycles. The summed E-state index contributed by atoms with van der Waals surface area (Å²) in [5, 5.41) is 7.85. The summed E-state index contributed by atoms with van der Waals surface area (Å²) < 4.78 is 39.7. The summed E-state index contributed by atoms with van der Waals surface area (Å²) in [7, 11) is 0. The first-order valence-corrected chi connectivity index (χ1v) is 8.94. The lowest BCUT2D eigenvalue weighted by molar-refractivity contribution is -0.184. The molecule has 0 aromatic rings. The van der Waals surface area contributed by atoms with Crippen LogP contribution in [-0.4, -0.2) is 68.2 Å². The summed E-state index contributed by atoms with van der Waals surface area (Å²) in [6.45, 7) is 0.802. The van der Waals surface area contributed by atoms with E-state index in [-0.39, 0.29) is 18.4 Å². The lowest BCUT2D eigenvalue weighted by atomic mass is 9.89. The van der Waals surface area contributed by atoms with Gasteiger partial charge in [-0.15, -0.1) is 0 Å². The molecule has 0 bridgehead atoms.